The second kappa shape index (κ2) is 12.4. The van der Waals surface area contributed by atoms with Crippen LogP contribution in [0, 0.1) is 5.92 Å². The average Bonchev–Trinajstić information content (AvgIpc) is 3.59. The largest absolute Gasteiger partial charge is 0.530 e. The van der Waals surface area contributed by atoms with E-state index in [4.69, 9.17) is 23.9 Å². The zero-order chi connectivity index (χ0) is 26.4. The molecule has 1 aliphatic rings. The van der Waals surface area contributed by atoms with Crippen molar-refractivity contribution in [1.29, 1.82) is 0 Å². The lowest BCUT2D eigenvalue weighted by Gasteiger charge is -2.24. The molecular formula is C23H32N5O6PS. The van der Waals surface area contributed by atoms with Crippen LogP contribution in [-0.4, -0.2) is 56.5 Å². The Bertz CT molecular complexity index is 1230. The number of phosphoric acid groups is 1. The number of hydrogen-bond acceptors (Lipinski definition) is 10. The third kappa shape index (κ3) is 6.96. The second-order valence-electron chi connectivity index (χ2n) is 8.52. The predicted octanol–water partition coefficient (Wildman–Crippen LogP) is 4.89. The van der Waals surface area contributed by atoms with Crippen molar-refractivity contribution in [2.75, 3.05) is 13.2 Å². The molecule has 2 unspecified atom stereocenters. The summed E-state index contributed by atoms with van der Waals surface area (Å²) in [5.74, 6) is 0.275. The van der Waals surface area contributed by atoms with E-state index < -0.39 is 25.9 Å². The molecule has 0 fully saturated rings. The Hall–Kier alpha value is -2.21. The van der Waals surface area contributed by atoms with Gasteiger partial charge in [0, 0.05) is 30.9 Å². The Labute approximate surface area is 216 Å². The molecule has 1 aliphatic heterocycles. The molecule has 0 bridgehead atoms. The van der Waals surface area contributed by atoms with Crippen molar-refractivity contribution in [3.8, 4) is 0 Å². The van der Waals surface area contributed by atoms with Crippen LogP contribution < -0.4 is 0 Å². The Morgan fingerprint density at radius 3 is 2.92 bits per heavy atom. The van der Waals surface area contributed by atoms with Gasteiger partial charge in [0.15, 0.2) is 0 Å². The van der Waals surface area contributed by atoms with Crippen molar-refractivity contribution in [3.05, 3.63) is 54.3 Å². The van der Waals surface area contributed by atoms with Gasteiger partial charge in [-0.25, -0.2) is 14.2 Å². The summed E-state index contributed by atoms with van der Waals surface area (Å²) in [5.41, 5.74) is 1.43. The highest BCUT2D eigenvalue weighted by Crippen LogP contribution is 2.54. The van der Waals surface area contributed by atoms with Crippen LogP contribution in [0.25, 0.3) is 11.0 Å². The van der Waals surface area contributed by atoms with Gasteiger partial charge in [-0.05, 0) is 38.0 Å². The van der Waals surface area contributed by atoms with E-state index in [1.807, 2.05) is 38.1 Å². The molecule has 1 aromatic carbocycles. The van der Waals surface area contributed by atoms with E-state index in [2.05, 4.69) is 20.3 Å². The van der Waals surface area contributed by atoms with Crippen LogP contribution in [0.3, 0.4) is 0 Å². The highest BCUT2D eigenvalue weighted by molar-refractivity contribution is 7.93. The van der Waals surface area contributed by atoms with Gasteiger partial charge in [0.05, 0.1) is 32.3 Å². The maximum Gasteiger partial charge on any atom is 0.530 e. The maximum absolute atomic E-state index is 13.5. The third-order valence-electron chi connectivity index (χ3n) is 5.28. The Morgan fingerprint density at radius 2 is 2.17 bits per heavy atom. The van der Waals surface area contributed by atoms with Gasteiger partial charge in [-0.3, -0.25) is 9.05 Å². The molecule has 0 radical (unpaired) electrons. The lowest BCUT2D eigenvalue weighted by atomic mass is 10.1. The first kappa shape index (κ1) is 25.4. The number of nitrogens with one attached hydrogen (secondary N) is 1. The zero-order valence-corrected chi connectivity index (χ0v) is 22.4. The number of H-pyrrole nitrogens is 1. The molecule has 3 aromatic rings. The molecule has 5 atom stereocenters. The molecule has 0 amide bonds. The van der Waals surface area contributed by atoms with Crippen molar-refractivity contribution < 1.29 is 28.4 Å². The van der Waals surface area contributed by atoms with Gasteiger partial charge >= 0.3 is 7.82 Å². The van der Waals surface area contributed by atoms with E-state index in [0.717, 1.165) is 17.6 Å². The Kier molecular flexibility index (Phi) is 8.73. The van der Waals surface area contributed by atoms with E-state index in [9.17, 15) is 4.57 Å². The number of fused-ring (bicyclic) bond motifs is 1. The summed E-state index contributed by atoms with van der Waals surface area (Å²) < 4.78 is 52.3. The normalized spacial score (nSPS) is 21.8. The number of imidazole rings is 1. The van der Waals surface area contributed by atoms with E-state index in [-0.39, 0.29) is 25.2 Å². The number of nitrogens with zero attached hydrogens (tertiary/aromatic N) is 4. The first-order chi connectivity index (χ1) is 17.8. The lowest BCUT2D eigenvalue weighted by Crippen LogP contribution is -2.23. The fourth-order valence-electron chi connectivity index (χ4n) is 3.57. The van der Waals surface area contributed by atoms with E-state index in [1.54, 1.807) is 32.3 Å². The molecule has 36 heavy (non-hydrogen) atoms. The van der Waals surface area contributed by atoms with E-state index >= 15 is 0 Å². The van der Waals surface area contributed by atoms with Crippen molar-refractivity contribution in [2.45, 2.75) is 58.3 Å². The highest BCUT2D eigenvalue weighted by atomic mass is 32.2. The van der Waals surface area contributed by atoms with Crippen molar-refractivity contribution >= 4 is 30.9 Å². The minimum absolute atomic E-state index is 0.0514. The number of hydrogen-bond donors (Lipinski definition) is 1. The molecular weight excluding hydrogens is 505 g/mol. The number of para-hydroxylation sites is 1. The number of ether oxygens (including phenoxy) is 1. The number of rotatable bonds is 14. The van der Waals surface area contributed by atoms with Crippen LogP contribution in [0.15, 0.2) is 48.5 Å². The summed E-state index contributed by atoms with van der Waals surface area (Å²) in [4.78, 5) is 7.18. The monoisotopic (exact) mass is 538 g/mol. The van der Waals surface area contributed by atoms with Gasteiger partial charge in [0.2, 0.25) is 0 Å². The van der Waals surface area contributed by atoms with Crippen LogP contribution in [0.2, 0.25) is 0 Å². The summed E-state index contributed by atoms with van der Waals surface area (Å²) >= 11 is 0.911. The SMILES string of the molecule is [2H]C(SOC[C@H]1O[C@@H](C(C)C)C=C1OP(=O)(OCC)O[C@@H](C)Cc1ncc[nH]1)n1nnc2ccccc21. The fourth-order valence-corrected chi connectivity index (χ4v) is 5.49. The van der Waals surface area contributed by atoms with Crippen LogP contribution in [0.1, 0.15) is 34.9 Å². The molecule has 1 N–H and O–H groups in total. The van der Waals surface area contributed by atoms with Gasteiger partial charge in [-0.2, -0.15) is 0 Å². The summed E-state index contributed by atoms with van der Waals surface area (Å²) in [7, 11) is -3.97. The number of phosphoric ester groups is 1. The zero-order valence-electron chi connectivity index (χ0n) is 21.6. The predicted molar refractivity (Wildman–Crippen MR) is 136 cm³/mol. The molecule has 0 saturated carbocycles. The third-order valence-corrected chi connectivity index (χ3v) is 7.47. The molecule has 0 saturated heterocycles. The van der Waals surface area contributed by atoms with E-state index in [1.165, 1.54) is 4.68 Å². The molecule has 0 spiro atoms. The Morgan fingerprint density at radius 1 is 1.33 bits per heavy atom. The fraction of sp³-hybridized carbons (Fsp3) is 0.522. The van der Waals surface area contributed by atoms with Crippen LogP contribution in [-0.2, 0) is 39.3 Å². The summed E-state index contributed by atoms with van der Waals surface area (Å²) in [6.07, 6.45) is 4.12. The van der Waals surface area contributed by atoms with Crippen molar-refractivity contribution in [1.82, 2.24) is 25.0 Å². The minimum atomic E-state index is -3.97. The molecule has 196 valence electrons. The minimum Gasteiger partial charge on any atom is -0.406 e. The summed E-state index contributed by atoms with van der Waals surface area (Å²) in [6.45, 7) is 7.69. The Balaban J connectivity index is 1.39. The van der Waals surface area contributed by atoms with Gasteiger partial charge in [-0.15, -0.1) is 5.10 Å². The van der Waals surface area contributed by atoms with E-state index in [0.29, 0.717) is 23.5 Å². The molecule has 4 rings (SSSR count). The van der Waals surface area contributed by atoms with Crippen molar-refractivity contribution in [2.24, 2.45) is 5.92 Å². The first-order valence-electron chi connectivity index (χ1n) is 12.3. The first-order valence-corrected chi connectivity index (χ1v) is 14.0. The molecule has 3 heterocycles. The van der Waals surface area contributed by atoms with Crippen molar-refractivity contribution in [3.63, 3.8) is 0 Å². The molecule has 0 aliphatic carbocycles. The van der Waals surface area contributed by atoms with Crippen LogP contribution in [0.4, 0.5) is 0 Å². The van der Waals surface area contributed by atoms with Crippen LogP contribution >= 0.6 is 19.9 Å². The number of benzene rings is 1. The van der Waals surface area contributed by atoms with Gasteiger partial charge in [0.1, 0.15) is 29.1 Å². The highest BCUT2D eigenvalue weighted by Gasteiger charge is 2.38. The molecule has 2 aromatic heterocycles. The standard InChI is InChI=1S/C23H32N5O6PS/c1-5-30-35(29,33-17(4)12-23-24-10-11-25-23)34-21-13-20(16(2)3)32-22(21)14-31-36-15-28-19-9-7-6-8-18(19)26-27-28/h6-11,13,16-17,20,22H,5,12,14-15H2,1-4H3,(H,24,25)/t17-,20+,22+,35?/m0/s1/i15D/t15?,17-,20+,22+,35?. The van der Waals surface area contributed by atoms with Gasteiger partial charge in [0.25, 0.3) is 0 Å². The van der Waals surface area contributed by atoms with Gasteiger partial charge < -0.3 is 18.4 Å². The van der Waals surface area contributed by atoms with Gasteiger partial charge in [-0.1, -0.05) is 31.2 Å². The number of aromatic amines is 1. The molecule has 13 heteroatoms. The average molecular weight is 539 g/mol. The summed E-state index contributed by atoms with van der Waals surface area (Å²) in [6, 6.07) is 7.40. The maximum atomic E-state index is 13.5. The lowest BCUT2D eigenvalue weighted by molar-refractivity contribution is -0.00424. The van der Waals surface area contributed by atoms with Crippen LogP contribution in [0.5, 0.6) is 0 Å². The molecule has 11 nitrogen and oxygen atoms in total. The second-order valence-corrected chi connectivity index (χ2v) is 10.7. The summed E-state index contributed by atoms with van der Waals surface area (Å²) in [5, 5.41) is 8.13. The quantitative estimate of drug-likeness (QED) is 0.224. The smallest absolute Gasteiger partial charge is 0.406 e. The topological polar surface area (TPSA) is 123 Å². The number of aromatic nitrogens is 5.